The summed E-state index contributed by atoms with van der Waals surface area (Å²) >= 11 is 0. The Morgan fingerprint density at radius 3 is 3.05 bits per heavy atom. The molecule has 1 saturated heterocycles. The van der Waals surface area contributed by atoms with Crippen LogP contribution in [0, 0.1) is 0 Å². The van der Waals surface area contributed by atoms with E-state index in [0.29, 0.717) is 30.4 Å². The summed E-state index contributed by atoms with van der Waals surface area (Å²) in [6.45, 7) is 3.18. The lowest BCUT2D eigenvalue weighted by atomic mass is 10.1. The summed E-state index contributed by atoms with van der Waals surface area (Å²) in [4.78, 5) is 11.2. The number of hydrogen-bond acceptors (Lipinski definition) is 5. The van der Waals surface area contributed by atoms with Crippen LogP contribution in [0.3, 0.4) is 0 Å². The Labute approximate surface area is 122 Å². The largest absolute Gasteiger partial charge is 0.492 e. The van der Waals surface area contributed by atoms with Crippen molar-refractivity contribution in [2.45, 2.75) is 25.9 Å². The van der Waals surface area contributed by atoms with E-state index in [1.165, 1.54) is 0 Å². The number of aldehydes is 1. The molecular weight excluding hydrogens is 270 g/mol. The minimum Gasteiger partial charge on any atom is -0.492 e. The van der Waals surface area contributed by atoms with E-state index >= 15 is 0 Å². The van der Waals surface area contributed by atoms with Gasteiger partial charge in [-0.1, -0.05) is 17.3 Å². The Morgan fingerprint density at radius 1 is 1.48 bits per heavy atom. The van der Waals surface area contributed by atoms with Crippen LogP contribution in [0.4, 0.5) is 0 Å². The first-order chi connectivity index (χ1) is 10.3. The molecule has 6 heteroatoms. The number of nitrogens with zero attached hydrogens (tertiary/aromatic N) is 3. The van der Waals surface area contributed by atoms with Crippen LogP contribution in [0.1, 0.15) is 42.1 Å². The van der Waals surface area contributed by atoms with Gasteiger partial charge in [0, 0.05) is 6.61 Å². The molecule has 2 heterocycles. The molecule has 0 aliphatic carbocycles. The van der Waals surface area contributed by atoms with Gasteiger partial charge in [0.1, 0.15) is 23.2 Å². The van der Waals surface area contributed by atoms with Crippen molar-refractivity contribution in [3.63, 3.8) is 0 Å². The van der Waals surface area contributed by atoms with Crippen molar-refractivity contribution in [2.24, 2.45) is 0 Å². The van der Waals surface area contributed by atoms with Crippen LogP contribution in [-0.4, -0.2) is 34.5 Å². The molecule has 6 nitrogen and oxygen atoms in total. The fourth-order valence-electron chi connectivity index (χ4n) is 2.57. The van der Waals surface area contributed by atoms with Crippen LogP contribution in [0.25, 0.3) is 5.69 Å². The molecule has 0 saturated carbocycles. The lowest BCUT2D eigenvalue weighted by Gasteiger charge is -2.15. The van der Waals surface area contributed by atoms with Crippen molar-refractivity contribution in [3.05, 3.63) is 35.7 Å². The maximum Gasteiger partial charge on any atom is 0.172 e. The first-order valence-electron chi connectivity index (χ1n) is 7.09. The van der Waals surface area contributed by atoms with E-state index in [1.54, 1.807) is 4.68 Å². The lowest BCUT2D eigenvalue weighted by Crippen LogP contribution is -2.10. The van der Waals surface area contributed by atoms with Crippen LogP contribution < -0.4 is 4.74 Å². The van der Waals surface area contributed by atoms with Gasteiger partial charge in [0.05, 0.1) is 6.61 Å². The highest BCUT2D eigenvalue weighted by Gasteiger charge is 2.27. The molecular formula is C15H17N3O3. The van der Waals surface area contributed by atoms with Crippen molar-refractivity contribution < 1.29 is 14.3 Å². The molecule has 3 rings (SSSR count). The van der Waals surface area contributed by atoms with Gasteiger partial charge in [-0.25, -0.2) is 4.68 Å². The molecule has 110 valence electrons. The standard InChI is InChI=1S/C15H17N3O3/c1-2-20-13-7-4-3-6-12(13)18-15(11(10-19)16-17-18)14-8-5-9-21-14/h3-4,6-7,10,14H,2,5,8-9H2,1H3. The maximum atomic E-state index is 11.2. The zero-order valence-electron chi connectivity index (χ0n) is 11.9. The monoisotopic (exact) mass is 287 g/mol. The molecule has 1 aromatic carbocycles. The summed E-state index contributed by atoms with van der Waals surface area (Å²) in [5.74, 6) is 0.710. The predicted octanol–water partition coefficient (Wildman–Crippen LogP) is 2.33. The van der Waals surface area contributed by atoms with E-state index in [1.807, 2.05) is 31.2 Å². The molecule has 0 amide bonds. The third-order valence-electron chi connectivity index (χ3n) is 3.47. The van der Waals surface area contributed by atoms with Crippen molar-refractivity contribution in [1.82, 2.24) is 15.0 Å². The van der Waals surface area contributed by atoms with Gasteiger partial charge in [-0.3, -0.25) is 4.79 Å². The normalized spacial score (nSPS) is 17.9. The molecule has 1 aromatic heterocycles. The predicted molar refractivity (Wildman–Crippen MR) is 75.8 cm³/mol. The van der Waals surface area contributed by atoms with Crippen LogP contribution in [0.5, 0.6) is 5.75 Å². The van der Waals surface area contributed by atoms with E-state index in [0.717, 1.165) is 24.8 Å². The van der Waals surface area contributed by atoms with Gasteiger partial charge >= 0.3 is 0 Å². The smallest absolute Gasteiger partial charge is 0.172 e. The van der Waals surface area contributed by atoms with Gasteiger partial charge in [0.2, 0.25) is 0 Å². The van der Waals surface area contributed by atoms with Crippen molar-refractivity contribution in [1.29, 1.82) is 0 Å². The van der Waals surface area contributed by atoms with Gasteiger partial charge in [0.25, 0.3) is 0 Å². The van der Waals surface area contributed by atoms with Crippen LogP contribution in [0.15, 0.2) is 24.3 Å². The first kappa shape index (κ1) is 13.8. The van der Waals surface area contributed by atoms with E-state index in [-0.39, 0.29) is 6.10 Å². The van der Waals surface area contributed by atoms with E-state index < -0.39 is 0 Å². The molecule has 1 aliphatic rings. The van der Waals surface area contributed by atoms with Gasteiger partial charge < -0.3 is 9.47 Å². The zero-order valence-corrected chi connectivity index (χ0v) is 11.9. The second kappa shape index (κ2) is 6.05. The Bertz CT molecular complexity index is 633. The van der Waals surface area contributed by atoms with Gasteiger partial charge in [-0.05, 0) is 31.9 Å². The highest BCUT2D eigenvalue weighted by atomic mass is 16.5. The van der Waals surface area contributed by atoms with E-state index in [9.17, 15) is 4.79 Å². The Morgan fingerprint density at radius 2 is 2.33 bits per heavy atom. The van der Waals surface area contributed by atoms with Gasteiger partial charge in [-0.2, -0.15) is 0 Å². The Hall–Kier alpha value is -2.21. The minimum absolute atomic E-state index is 0.144. The van der Waals surface area contributed by atoms with Gasteiger partial charge in [-0.15, -0.1) is 5.10 Å². The average molecular weight is 287 g/mol. The molecule has 0 spiro atoms. The summed E-state index contributed by atoms with van der Waals surface area (Å²) in [7, 11) is 0. The molecule has 1 fully saturated rings. The molecule has 1 atom stereocenters. The summed E-state index contributed by atoms with van der Waals surface area (Å²) in [6.07, 6.45) is 2.42. The van der Waals surface area contributed by atoms with Crippen molar-refractivity contribution >= 4 is 6.29 Å². The summed E-state index contributed by atoms with van der Waals surface area (Å²) in [6, 6.07) is 7.57. The third kappa shape index (κ3) is 2.54. The number of hydrogen-bond donors (Lipinski definition) is 0. The second-order valence-electron chi connectivity index (χ2n) is 4.79. The molecule has 0 N–H and O–H groups in total. The zero-order chi connectivity index (χ0) is 14.7. The summed E-state index contributed by atoms with van der Waals surface area (Å²) in [5, 5.41) is 8.09. The number of aromatic nitrogens is 3. The van der Waals surface area contributed by atoms with Crippen LogP contribution in [-0.2, 0) is 4.74 Å². The van der Waals surface area contributed by atoms with Crippen LogP contribution >= 0.6 is 0 Å². The minimum atomic E-state index is -0.144. The number of ether oxygens (including phenoxy) is 2. The molecule has 0 radical (unpaired) electrons. The van der Waals surface area contributed by atoms with E-state index in [2.05, 4.69) is 10.3 Å². The topological polar surface area (TPSA) is 66.2 Å². The Balaban J connectivity index is 2.10. The molecule has 2 aromatic rings. The number of para-hydroxylation sites is 2. The Kier molecular flexibility index (Phi) is 3.96. The first-order valence-corrected chi connectivity index (χ1v) is 7.09. The average Bonchev–Trinajstić information content (AvgIpc) is 3.16. The third-order valence-corrected chi connectivity index (χ3v) is 3.47. The molecule has 1 aliphatic heterocycles. The molecule has 1 unspecified atom stereocenters. The quantitative estimate of drug-likeness (QED) is 0.790. The fraction of sp³-hybridized carbons (Fsp3) is 0.400. The molecule has 0 bridgehead atoms. The highest BCUT2D eigenvalue weighted by molar-refractivity contribution is 5.74. The van der Waals surface area contributed by atoms with Crippen LogP contribution in [0.2, 0.25) is 0 Å². The number of benzene rings is 1. The molecule has 21 heavy (non-hydrogen) atoms. The van der Waals surface area contributed by atoms with E-state index in [4.69, 9.17) is 9.47 Å². The van der Waals surface area contributed by atoms with Crippen molar-refractivity contribution in [3.8, 4) is 11.4 Å². The lowest BCUT2D eigenvalue weighted by molar-refractivity contribution is 0.102. The van der Waals surface area contributed by atoms with Crippen molar-refractivity contribution in [2.75, 3.05) is 13.2 Å². The fourth-order valence-corrected chi connectivity index (χ4v) is 2.57. The summed E-state index contributed by atoms with van der Waals surface area (Å²) in [5.41, 5.74) is 1.80. The maximum absolute atomic E-state index is 11.2. The van der Waals surface area contributed by atoms with Gasteiger partial charge in [0.15, 0.2) is 12.0 Å². The highest BCUT2D eigenvalue weighted by Crippen LogP contribution is 2.33. The number of carbonyl (C=O) groups excluding carboxylic acids is 1. The SMILES string of the molecule is CCOc1ccccc1-n1nnc(C=O)c1C1CCCO1. The number of rotatable bonds is 5. The summed E-state index contributed by atoms with van der Waals surface area (Å²) < 4.78 is 13.0. The number of carbonyl (C=O) groups is 1. The second-order valence-corrected chi connectivity index (χ2v) is 4.79.